The highest BCUT2D eigenvalue weighted by molar-refractivity contribution is 5.95. The molecular formula is C29H47FN2O2. The van der Waals surface area contributed by atoms with E-state index in [2.05, 4.69) is 38.4 Å². The molecule has 1 unspecified atom stereocenters. The Hall–Kier alpha value is -2.53. The van der Waals surface area contributed by atoms with Gasteiger partial charge in [0.05, 0.1) is 6.54 Å². The normalized spacial score (nSPS) is 14.1. The summed E-state index contributed by atoms with van der Waals surface area (Å²) in [5, 5.41) is 10.3. The fourth-order valence-corrected chi connectivity index (χ4v) is 3.22. The summed E-state index contributed by atoms with van der Waals surface area (Å²) >= 11 is 0. The van der Waals surface area contributed by atoms with Gasteiger partial charge in [-0.1, -0.05) is 86.1 Å². The van der Waals surface area contributed by atoms with Crippen molar-refractivity contribution in [2.24, 2.45) is 5.92 Å². The fraction of sp³-hybridized carbons (Fsp3) is 0.517. The van der Waals surface area contributed by atoms with Gasteiger partial charge in [-0.2, -0.15) is 0 Å². The summed E-state index contributed by atoms with van der Waals surface area (Å²) in [7, 11) is 0. The number of nitrogens with zero attached hydrogens (tertiary/aromatic N) is 2. The van der Waals surface area contributed by atoms with E-state index >= 15 is 0 Å². The molecule has 0 saturated carbocycles. The molecule has 0 saturated heterocycles. The average molecular weight is 475 g/mol. The minimum Gasteiger partial charge on any atom is -0.286 e. The molecule has 1 aliphatic heterocycles. The lowest BCUT2D eigenvalue weighted by molar-refractivity contribution is -0.0607. The van der Waals surface area contributed by atoms with Crippen molar-refractivity contribution in [2.45, 2.75) is 88.0 Å². The van der Waals surface area contributed by atoms with E-state index in [-0.39, 0.29) is 5.83 Å². The summed E-state index contributed by atoms with van der Waals surface area (Å²) in [6, 6.07) is 0. The highest BCUT2D eigenvalue weighted by Gasteiger charge is 2.28. The van der Waals surface area contributed by atoms with Crippen molar-refractivity contribution in [1.29, 1.82) is 0 Å². The summed E-state index contributed by atoms with van der Waals surface area (Å²) in [5.41, 5.74) is 4.88. The Balaban J connectivity index is 0. The van der Waals surface area contributed by atoms with Crippen molar-refractivity contribution in [2.75, 3.05) is 6.54 Å². The van der Waals surface area contributed by atoms with Crippen molar-refractivity contribution in [3.63, 3.8) is 0 Å². The number of amides is 1. The number of hydrogen-bond donors (Lipinski definition) is 1. The molecule has 1 aromatic heterocycles. The first kappa shape index (κ1) is 33.6. The topological polar surface area (TPSA) is 53.4 Å². The lowest BCUT2D eigenvalue weighted by Gasteiger charge is -2.25. The number of carbonyl (C=O) groups is 1. The number of allylic oxidation sites excluding steroid dienone is 7. The molecule has 1 N–H and O–H groups in total. The number of carbonyl (C=O) groups excluding carboxylic acids is 1. The Morgan fingerprint density at radius 3 is 2.41 bits per heavy atom. The van der Waals surface area contributed by atoms with Crippen molar-refractivity contribution in [3.8, 4) is 0 Å². The maximum Gasteiger partial charge on any atom is 0.296 e. The molecular weight excluding hydrogens is 427 g/mol. The Bertz CT molecular complexity index is 826. The quantitative estimate of drug-likeness (QED) is 0.318. The molecule has 2 rings (SSSR count). The van der Waals surface area contributed by atoms with E-state index in [0.29, 0.717) is 24.6 Å². The van der Waals surface area contributed by atoms with Crippen LogP contribution in [0.3, 0.4) is 0 Å². The van der Waals surface area contributed by atoms with Crippen LogP contribution in [0.2, 0.25) is 0 Å². The summed E-state index contributed by atoms with van der Waals surface area (Å²) in [5.74, 6) is -0.186. The number of hydroxylamine groups is 2. The Morgan fingerprint density at radius 2 is 1.91 bits per heavy atom. The maximum absolute atomic E-state index is 12.6. The van der Waals surface area contributed by atoms with Crippen molar-refractivity contribution in [1.82, 2.24) is 10.0 Å². The largest absolute Gasteiger partial charge is 0.296 e. The summed E-state index contributed by atoms with van der Waals surface area (Å²) in [4.78, 5) is 16.2. The van der Waals surface area contributed by atoms with Crippen LogP contribution in [-0.4, -0.2) is 27.7 Å². The fourth-order valence-electron chi connectivity index (χ4n) is 3.22. The standard InChI is InChI=1S/C15H20N2O2.C10H15F.2C2H6/c1-4-6-11(5-2)13-10(3)9-16-14-12(13)7-8-17(19)15(14)18;1-4-6-10(11)8-7-9(3)5-2;2*1-2/h5,9,19H,4,6-8H2,1-3H3;4,6-9H,1,5H2,2-3H3;2*1-2H3/b11-5-;8-7-,10-6+;;. The Morgan fingerprint density at radius 1 is 1.29 bits per heavy atom. The van der Waals surface area contributed by atoms with Gasteiger partial charge in [0.25, 0.3) is 5.91 Å². The number of rotatable bonds is 7. The second-order valence-corrected chi connectivity index (χ2v) is 7.42. The second kappa shape index (κ2) is 19.9. The molecule has 1 aromatic rings. The molecule has 2 heterocycles. The van der Waals surface area contributed by atoms with Gasteiger partial charge in [-0.05, 0) is 67.0 Å². The zero-order chi connectivity index (χ0) is 26.7. The average Bonchev–Trinajstić information content (AvgIpc) is 2.86. The highest BCUT2D eigenvalue weighted by atomic mass is 19.1. The van der Waals surface area contributed by atoms with E-state index in [1.54, 1.807) is 6.20 Å². The second-order valence-electron chi connectivity index (χ2n) is 7.42. The molecule has 5 heteroatoms. The third kappa shape index (κ3) is 11.1. The zero-order valence-corrected chi connectivity index (χ0v) is 22.9. The van der Waals surface area contributed by atoms with Gasteiger partial charge in [0.2, 0.25) is 0 Å². The van der Waals surface area contributed by atoms with E-state index in [1.165, 1.54) is 23.8 Å². The number of fused-ring (bicyclic) bond motifs is 1. The van der Waals surface area contributed by atoms with Gasteiger partial charge in [-0.15, -0.1) is 0 Å². The van der Waals surface area contributed by atoms with E-state index in [4.69, 9.17) is 0 Å². The van der Waals surface area contributed by atoms with E-state index in [9.17, 15) is 14.4 Å². The molecule has 34 heavy (non-hydrogen) atoms. The van der Waals surface area contributed by atoms with Crippen molar-refractivity contribution in [3.05, 3.63) is 71.4 Å². The number of aryl methyl sites for hydroxylation is 1. The predicted octanol–water partition coefficient (Wildman–Crippen LogP) is 8.66. The van der Waals surface area contributed by atoms with Gasteiger partial charge >= 0.3 is 0 Å². The monoisotopic (exact) mass is 474 g/mol. The number of hydrogen-bond acceptors (Lipinski definition) is 3. The van der Waals surface area contributed by atoms with Gasteiger partial charge in [0.15, 0.2) is 0 Å². The minimum absolute atomic E-state index is 0.236. The van der Waals surface area contributed by atoms with Crippen LogP contribution in [0.25, 0.3) is 5.57 Å². The van der Waals surface area contributed by atoms with Crippen LogP contribution >= 0.6 is 0 Å². The van der Waals surface area contributed by atoms with Crippen LogP contribution in [0.4, 0.5) is 4.39 Å². The number of halogens is 1. The first-order chi connectivity index (χ1) is 16.3. The maximum atomic E-state index is 12.6. The lowest BCUT2D eigenvalue weighted by Crippen LogP contribution is -2.36. The van der Waals surface area contributed by atoms with Gasteiger partial charge in [0, 0.05) is 6.20 Å². The molecule has 0 fully saturated rings. The Labute approximate surface area is 207 Å². The lowest BCUT2D eigenvalue weighted by atomic mass is 9.89. The molecule has 1 atom stereocenters. The summed E-state index contributed by atoms with van der Waals surface area (Å²) in [6.45, 7) is 22.1. The molecule has 0 radical (unpaired) electrons. The first-order valence-electron chi connectivity index (χ1n) is 12.6. The number of aromatic nitrogens is 1. The van der Waals surface area contributed by atoms with Crippen molar-refractivity contribution < 1.29 is 14.4 Å². The van der Waals surface area contributed by atoms with Crippen LogP contribution in [0.5, 0.6) is 0 Å². The molecule has 192 valence electrons. The van der Waals surface area contributed by atoms with Gasteiger partial charge < -0.3 is 0 Å². The minimum atomic E-state index is -0.394. The third-order valence-corrected chi connectivity index (χ3v) is 5.07. The van der Waals surface area contributed by atoms with E-state index in [0.717, 1.165) is 41.0 Å². The van der Waals surface area contributed by atoms with Crippen LogP contribution in [0.15, 0.2) is 49.0 Å². The van der Waals surface area contributed by atoms with Crippen LogP contribution in [0.1, 0.15) is 102 Å². The third-order valence-electron chi connectivity index (χ3n) is 5.07. The smallest absolute Gasteiger partial charge is 0.286 e. The van der Waals surface area contributed by atoms with Gasteiger partial charge in [-0.3, -0.25) is 15.0 Å². The molecule has 0 aliphatic carbocycles. The molecule has 1 amide bonds. The SMILES string of the molecule is C/C=C(/CCC)c1c(C)cnc2c1CCN(O)C2=O.C=C/C=C(F)\C=C/C(C)CC.CC.CC. The molecule has 1 aliphatic rings. The predicted molar refractivity (Wildman–Crippen MR) is 145 cm³/mol. The van der Waals surface area contributed by atoms with Crippen LogP contribution in [0, 0.1) is 12.8 Å². The van der Waals surface area contributed by atoms with E-state index in [1.807, 2.05) is 47.6 Å². The zero-order valence-electron chi connectivity index (χ0n) is 22.9. The van der Waals surface area contributed by atoms with E-state index < -0.39 is 5.91 Å². The van der Waals surface area contributed by atoms with Crippen molar-refractivity contribution >= 4 is 11.5 Å². The number of pyridine rings is 1. The first-order valence-corrected chi connectivity index (χ1v) is 12.6. The molecule has 4 nitrogen and oxygen atoms in total. The molecule has 0 aromatic carbocycles. The van der Waals surface area contributed by atoms with Gasteiger partial charge in [-0.25, -0.2) is 9.45 Å². The Kier molecular flexibility index (Phi) is 19.7. The summed E-state index contributed by atoms with van der Waals surface area (Å²) < 4.78 is 12.6. The van der Waals surface area contributed by atoms with Gasteiger partial charge in [0.1, 0.15) is 11.5 Å². The van der Waals surface area contributed by atoms with Crippen LogP contribution < -0.4 is 0 Å². The summed E-state index contributed by atoms with van der Waals surface area (Å²) in [6.07, 6.45) is 13.7. The molecule has 0 bridgehead atoms. The van der Waals surface area contributed by atoms with Crippen LogP contribution in [-0.2, 0) is 6.42 Å². The molecule has 0 spiro atoms. The highest BCUT2D eigenvalue weighted by Crippen LogP contribution is 2.30.